The van der Waals surface area contributed by atoms with Crippen LogP contribution in [0, 0.1) is 13.7 Å². The van der Waals surface area contributed by atoms with Gasteiger partial charge in [-0.3, -0.25) is 10.1 Å². The molecule has 104 valence electrons. The number of para-hydroxylation sites is 1. The van der Waals surface area contributed by atoms with Crippen LogP contribution in [0.3, 0.4) is 0 Å². The molecule has 0 bridgehead atoms. The lowest BCUT2D eigenvalue weighted by Crippen LogP contribution is -2.04. The number of hydrogen-bond acceptors (Lipinski definition) is 3. The molecule has 0 heterocycles. The van der Waals surface area contributed by atoms with Gasteiger partial charge < -0.3 is 5.11 Å². The van der Waals surface area contributed by atoms with Gasteiger partial charge >= 0.3 is 0 Å². The monoisotopic (exact) mass is 403 g/mol. The quantitative estimate of drug-likeness (QED) is 0.474. The first kappa shape index (κ1) is 15.2. The van der Waals surface area contributed by atoms with Gasteiger partial charge in [0.05, 0.1) is 16.0 Å². The number of hydrogen-bond donors (Lipinski definition) is 1. The van der Waals surface area contributed by atoms with Crippen molar-refractivity contribution in [2.75, 3.05) is 0 Å². The highest BCUT2D eigenvalue weighted by Gasteiger charge is 2.17. The fourth-order valence-electron chi connectivity index (χ4n) is 1.91. The number of nitro groups is 1. The van der Waals surface area contributed by atoms with Crippen molar-refractivity contribution in [3.05, 3.63) is 72.3 Å². The summed E-state index contributed by atoms with van der Waals surface area (Å²) < 4.78 is 0.894. The van der Waals surface area contributed by atoms with Crippen LogP contribution in [0.1, 0.15) is 17.2 Å². The molecule has 0 fully saturated rings. The Morgan fingerprint density at radius 2 is 2.00 bits per heavy atom. The number of nitrogens with zero attached hydrogens (tertiary/aromatic N) is 1. The lowest BCUT2D eigenvalue weighted by molar-refractivity contribution is -0.385. The lowest BCUT2D eigenvalue weighted by Gasteiger charge is -2.12. The van der Waals surface area contributed by atoms with Gasteiger partial charge in [0.15, 0.2) is 0 Å². The first-order chi connectivity index (χ1) is 9.49. The largest absolute Gasteiger partial charge is 0.388 e. The molecule has 1 unspecified atom stereocenters. The Balaban J connectivity index is 2.25. The second kappa shape index (κ2) is 6.51. The number of aliphatic hydroxyl groups excluding tert-OH is 1. The predicted molar refractivity (Wildman–Crippen MR) is 85.9 cm³/mol. The molecule has 0 saturated carbocycles. The highest BCUT2D eigenvalue weighted by molar-refractivity contribution is 14.1. The normalized spacial score (nSPS) is 12.2. The fraction of sp³-hybridized carbons (Fsp3) is 0.143. The maximum Gasteiger partial charge on any atom is 0.272 e. The summed E-state index contributed by atoms with van der Waals surface area (Å²) >= 11 is 8.11. The molecule has 1 atom stereocenters. The summed E-state index contributed by atoms with van der Waals surface area (Å²) in [4.78, 5) is 10.5. The zero-order valence-electron chi connectivity index (χ0n) is 10.3. The molecule has 0 aromatic heterocycles. The molecule has 1 N–H and O–H groups in total. The molecule has 20 heavy (non-hydrogen) atoms. The number of aliphatic hydroxyl groups is 1. The average molecular weight is 404 g/mol. The number of benzene rings is 2. The van der Waals surface area contributed by atoms with E-state index < -0.39 is 11.0 Å². The summed E-state index contributed by atoms with van der Waals surface area (Å²) in [6.07, 6.45) is -0.653. The van der Waals surface area contributed by atoms with E-state index in [0.29, 0.717) is 16.1 Å². The van der Waals surface area contributed by atoms with Crippen LogP contribution in [0.15, 0.2) is 42.5 Å². The first-order valence-electron chi connectivity index (χ1n) is 5.84. The zero-order chi connectivity index (χ0) is 14.7. The van der Waals surface area contributed by atoms with Crippen molar-refractivity contribution in [2.45, 2.75) is 12.5 Å². The van der Waals surface area contributed by atoms with Crippen molar-refractivity contribution in [3.63, 3.8) is 0 Å². The molecule has 0 saturated heterocycles. The van der Waals surface area contributed by atoms with Gasteiger partial charge in [0.2, 0.25) is 0 Å². The highest BCUT2D eigenvalue weighted by atomic mass is 127. The molecule has 2 aromatic rings. The van der Waals surface area contributed by atoms with Crippen LogP contribution in [0.2, 0.25) is 5.02 Å². The van der Waals surface area contributed by atoms with Gasteiger partial charge in [-0.2, -0.15) is 0 Å². The van der Waals surface area contributed by atoms with Gasteiger partial charge in [0.25, 0.3) is 5.69 Å². The van der Waals surface area contributed by atoms with Crippen LogP contribution in [-0.2, 0) is 6.42 Å². The van der Waals surface area contributed by atoms with Gasteiger partial charge in [-0.15, -0.1) is 0 Å². The Morgan fingerprint density at radius 3 is 2.65 bits per heavy atom. The Hall–Kier alpha value is -1.18. The van der Waals surface area contributed by atoms with Crippen molar-refractivity contribution in [1.29, 1.82) is 0 Å². The van der Waals surface area contributed by atoms with E-state index in [2.05, 4.69) is 22.6 Å². The lowest BCUT2D eigenvalue weighted by atomic mass is 10.0. The molecule has 0 radical (unpaired) electrons. The van der Waals surface area contributed by atoms with Gasteiger partial charge in [-0.1, -0.05) is 35.9 Å². The van der Waals surface area contributed by atoms with Crippen LogP contribution in [0.4, 0.5) is 5.69 Å². The molecule has 0 aliphatic rings. The first-order valence-corrected chi connectivity index (χ1v) is 7.30. The van der Waals surface area contributed by atoms with E-state index in [0.717, 1.165) is 3.57 Å². The van der Waals surface area contributed by atoms with Crippen molar-refractivity contribution < 1.29 is 10.0 Å². The summed E-state index contributed by atoms with van der Waals surface area (Å²) in [6, 6.07) is 11.7. The summed E-state index contributed by atoms with van der Waals surface area (Å²) in [5, 5.41) is 21.7. The molecular formula is C14H11ClINO3. The standard InChI is InChI=1S/C14H11ClINO3/c15-11-7-10(5-6-12(11)16)14(18)8-9-3-1-2-4-13(9)17(19)20/h1-7,14,18H,8H2. The predicted octanol–water partition coefficient (Wildman–Crippen LogP) is 4.13. The molecule has 4 nitrogen and oxygen atoms in total. The smallest absolute Gasteiger partial charge is 0.272 e. The van der Waals surface area contributed by atoms with E-state index >= 15 is 0 Å². The van der Waals surface area contributed by atoms with Crippen molar-refractivity contribution in [3.8, 4) is 0 Å². The second-order valence-electron chi connectivity index (χ2n) is 4.28. The van der Waals surface area contributed by atoms with Crippen molar-refractivity contribution in [2.24, 2.45) is 0 Å². The Morgan fingerprint density at radius 1 is 1.30 bits per heavy atom. The van der Waals surface area contributed by atoms with Crippen molar-refractivity contribution >= 4 is 39.9 Å². The van der Waals surface area contributed by atoms with Crippen LogP contribution in [0.25, 0.3) is 0 Å². The maximum atomic E-state index is 10.9. The van der Waals surface area contributed by atoms with E-state index in [1.807, 2.05) is 0 Å². The molecule has 6 heteroatoms. The van der Waals surface area contributed by atoms with Gasteiger partial charge in [-0.25, -0.2) is 0 Å². The highest BCUT2D eigenvalue weighted by Crippen LogP contribution is 2.28. The molecule has 0 spiro atoms. The van der Waals surface area contributed by atoms with E-state index in [4.69, 9.17) is 11.6 Å². The van der Waals surface area contributed by atoms with Gasteiger partial charge in [0.1, 0.15) is 0 Å². The third kappa shape index (κ3) is 3.47. The number of rotatable bonds is 4. The van der Waals surface area contributed by atoms with E-state index in [1.54, 1.807) is 36.4 Å². The molecule has 2 rings (SSSR count). The minimum Gasteiger partial charge on any atom is -0.388 e. The SMILES string of the molecule is O=[N+]([O-])c1ccccc1CC(O)c1ccc(I)c(Cl)c1. The molecular weight excluding hydrogens is 393 g/mol. The number of nitro benzene ring substituents is 1. The summed E-state index contributed by atoms with van der Waals surface area (Å²) in [5.74, 6) is 0. The van der Waals surface area contributed by atoms with E-state index in [1.165, 1.54) is 6.07 Å². The van der Waals surface area contributed by atoms with Gasteiger partial charge in [0, 0.05) is 21.6 Å². The molecule has 0 aliphatic heterocycles. The fourth-order valence-corrected chi connectivity index (χ4v) is 2.43. The van der Waals surface area contributed by atoms with Crippen molar-refractivity contribution in [1.82, 2.24) is 0 Å². The van der Waals surface area contributed by atoms with Gasteiger partial charge in [-0.05, 0) is 40.3 Å². The molecule has 0 amide bonds. The van der Waals surface area contributed by atoms with E-state index in [9.17, 15) is 15.2 Å². The minimum absolute atomic E-state index is 0.0168. The molecule has 0 aliphatic carbocycles. The third-order valence-electron chi connectivity index (χ3n) is 2.93. The second-order valence-corrected chi connectivity index (χ2v) is 5.85. The van der Waals surface area contributed by atoms with Crippen LogP contribution in [-0.4, -0.2) is 10.0 Å². The number of halogens is 2. The minimum atomic E-state index is -0.828. The Labute approximate surface area is 134 Å². The van der Waals surface area contributed by atoms with Crippen LogP contribution < -0.4 is 0 Å². The molecule has 2 aromatic carbocycles. The van der Waals surface area contributed by atoms with Crippen LogP contribution >= 0.6 is 34.2 Å². The average Bonchev–Trinajstić information content (AvgIpc) is 2.42. The zero-order valence-corrected chi connectivity index (χ0v) is 13.2. The summed E-state index contributed by atoms with van der Waals surface area (Å²) in [5.41, 5.74) is 1.16. The maximum absolute atomic E-state index is 10.9. The Kier molecular flexibility index (Phi) is 4.95. The summed E-state index contributed by atoms with van der Waals surface area (Å²) in [6.45, 7) is 0. The van der Waals surface area contributed by atoms with Crippen LogP contribution in [0.5, 0.6) is 0 Å². The van der Waals surface area contributed by atoms with E-state index in [-0.39, 0.29) is 12.1 Å². The summed E-state index contributed by atoms with van der Waals surface area (Å²) in [7, 11) is 0. The topological polar surface area (TPSA) is 63.4 Å². The third-order valence-corrected chi connectivity index (χ3v) is 4.50. The Bertz CT molecular complexity index is 648.